The molecule has 1 aromatic rings. The summed E-state index contributed by atoms with van der Waals surface area (Å²) >= 11 is 3.18. The van der Waals surface area contributed by atoms with Crippen molar-refractivity contribution >= 4 is 15.9 Å². The fraction of sp³-hybridized carbons (Fsp3) is 0.222. The zero-order valence-corrected chi connectivity index (χ0v) is 8.15. The maximum absolute atomic E-state index is 12.5. The molecule has 12 heavy (non-hydrogen) atoms. The average molecular weight is 228 g/mol. The number of alkyl halides is 1. The normalized spacial score (nSPS) is 8.92. The maximum atomic E-state index is 12.5. The van der Waals surface area contributed by atoms with Crippen LogP contribution in [0.15, 0.2) is 12.1 Å². The van der Waals surface area contributed by atoms with Crippen molar-refractivity contribution in [1.29, 1.82) is 0 Å². The van der Waals surface area contributed by atoms with E-state index in [0.717, 1.165) is 5.56 Å². The standard InChI is InChI=1S/C9H7BrFN/c1-7-8(3-2-6-10)4-5-9(11)12-7/h4-5H,6H2,1H3. The van der Waals surface area contributed by atoms with Gasteiger partial charge in [0.05, 0.1) is 11.0 Å². The van der Waals surface area contributed by atoms with Gasteiger partial charge in [0.1, 0.15) is 0 Å². The molecule has 1 rings (SSSR count). The SMILES string of the molecule is Cc1nc(F)ccc1C#CCBr. The Morgan fingerprint density at radius 1 is 1.58 bits per heavy atom. The molecule has 0 saturated carbocycles. The number of hydrogen-bond acceptors (Lipinski definition) is 1. The number of nitrogens with zero attached hydrogens (tertiary/aromatic N) is 1. The largest absolute Gasteiger partial charge is 0.224 e. The highest BCUT2D eigenvalue weighted by Gasteiger charge is 1.96. The van der Waals surface area contributed by atoms with Gasteiger partial charge in [-0.1, -0.05) is 27.8 Å². The van der Waals surface area contributed by atoms with E-state index in [-0.39, 0.29) is 0 Å². The van der Waals surface area contributed by atoms with Gasteiger partial charge in [0.2, 0.25) is 5.95 Å². The van der Waals surface area contributed by atoms with Crippen molar-refractivity contribution in [3.8, 4) is 11.8 Å². The molecule has 1 heterocycles. The van der Waals surface area contributed by atoms with Gasteiger partial charge in [-0.15, -0.1) is 0 Å². The van der Waals surface area contributed by atoms with Gasteiger partial charge in [0, 0.05) is 5.56 Å². The molecule has 62 valence electrons. The van der Waals surface area contributed by atoms with Crippen molar-refractivity contribution in [2.75, 3.05) is 5.33 Å². The van der Waals surface area contributed by atoms with Gasteiger partial charge in [-0.25, -0.2) is 4.98 Å². The van der Waals surface area contributed by atoms with Gasteiger partial charge in [-0.3, -0.25) is 0 Å². The van der Waals surface area contributed by atoms with E-state index >= 15 is 0 Å². The summed E-state index contributed by atoms with van der Waals surface area (Å²) in [6, 6.07) is 2.94. The van der Waals surface area contributed by atoms with Crippen LogP contribution in [-0.2, 0) is 0 Å². The third-order valence-corrected chi connectivity index (χ3v) is 1.62. The molecule has 0 N–H and O–H groups in total. The number of hydrogen-bond donors (Lipinski definition) is 0. The molecule has 0 aliphatic rings. The molecule has 1 aromatic heterocycles. The number of aryl methyl sites for hydroxylation is 1. The second kappa shape index (κ2) is 4.22. The lowest BCUT2D eigenvalue weighted by atomic mass is 10.2. The van der Waals surface area contributed by atoms with Crippen molar-refractivity contribution in [2.45, 2.75) is 6.92 Å². The Kier molecular flexibility index (Phi) is 3.24. The van der Waals surface area contributed by atoms with Gasteiger partial charge in [0.15, 0.2) is 0 Å². The zero-order chi connectivity index (χ0) is 8.97. The van der Waals surface area contributed by atoms with E-state index in [9.17, 15) is 4.39 Å². The third-order valence-electron chi connectivity index (χ3n) is 1.34. The van der Waals surface area contributed by atoms with Crippen LogP contribution in [0.4, 0.5) is 4.39 Å². The van der Waals surface area contributed by atoms with Crippen molar-refractivity contribution in [1.82, 2.24) is 4.98 Å². The van der Waals surface area contributed by atoms with E-state index in [1.54, 1.807) is 13.0 Å². The Balaban J connectivity index is 3.01. The average Bonchev–Trinajstić information content (AvgIpc) is 2.03. The number of halogens is 2. The first-order chi connectivity index (χ1) is 5.74. The van der Waals surface area contributed by atoms with Crippen molar-refractivity contribution in [3.63, 3.8) is 0 Å². The van der Waals surface area contributed by atoms with Gasteiger partial charge in [-0.2, -0.15) is 4.39 Å². The van der Waals surface area contributed by atoms with E-state index in [2.05, 4.69) is 32.8 Å². The molecule has 3 heteroatoms. The Morgan fingerprint density at radius 3 is 2.92 bits per heavy atom. The minimum absolute atomic E-state index is 0.461. The van der Waals surface area contributed by atoms with Crippen molar-refractivity contribution in [2.24, 2.45) is 0 Å². The lowest BCUT2D eigenvalue weighted by molar-refractivity contribution is 0.579. The van der Waals surface area contributed by atoms with Crippen LogP contribution in [0.1, 0.15) is 11.3 Å². The summed E-state index contributed by atoms with van der Waals surface area (Å²) in [4.78, 5) is 3.64. The Bertz CT molecular complexity index is 338. The van der Waals surface area contributed by atoms with Gasteiger partial charge in [-0.05, 0) is 19.1 Å². The highest BCUT2D eigenvalue weighted by Crippen LogP contribution is 2.03. The first kappa shape index (κ1) is 9.21. The second-order valence-electron chi connectivity index (χ2n) is 2.20. The van der Waals surface area contributed by atoms with Gasteiger partial charge < -0.3 is 0 Å². The van der Waals surface area contributed by atoms with Crippen LogP contribution in [0.3, 0.4) is 0 Å². The molecule has 1 nitrogen and oxygen atoms in total. The monoisotopic (exact) mass is 227 g/mol. The van der Waals surface area contributed by atoms with Crippen LogP contribution < -0.4 is 0 Å². The van der Waals surface area contributed by atoms with Gasteiger partial charge >= 0.3 is 0 Å². The molecule has 0 fully saturated rings. The minimum Gasteiger partial charge on any atom is -0.224 e. The van der Waals surface area contributed by atoms with Crippen LogP contribution in [0.2, 0.25) is 0 Å². The fourth-order valence-corrected chi connectivity index (χ4v) is 0.931. The molecule has 0 spiro atoms. The molecule has 0 saturated heterocycles. The van der Waals surface area contributed by atoms with E-state index in [1.807, 2.05) is 0 Å². The molecule has 0 bridgehead atoms. The summed E-state index contributed by atoms with van der Waals surface area (Å²) in [5, 5.41) is 0.615. The molecule has 0 atom stereocenters. The molecular weight excluding hydrogens is 221 g/mol. The second-order valence-corrected chi connectivity index (χ2v) is 2.76. The minimum atomic E-state index is -0.461. The predicted octanol–water partition coefficient (Wildman–Crippen LogP) is 2.28. The molecular formula is C9H7BrFN. The summed E-state index contributed by atoms with van der Waals surface area (Å²) in [7, 11) is 0. The smallest absolute Gasteiger partial charge is 0.213 e. The highest BCUT2D eigenvalue weighted by molar-refractivity contribution is 9.09. The Labute approximate surface area is 79.1 Å². The topological polar surface area (TPSA) is 12.9 Å². The summed E-state index contributed by atoms with van der Waals surface area (Å²) in [5.41, 5.74) is 1.40. The van der Waals surface area contributed by atoms with E-state index in [1.165, 1.54) is 6.07 Å². The number of rotatable bonds is 0. The van der Waals surface area contributed by atoms with Crippen molar-refractivity contribution in [3.05, 3.63) is 29.3 Å². The fourth-order valence-electron chi connectivity index (χ4n) is 0.791. The summed E-state index contributed by atoms with van der Waals surface area (Å²) in [5.74, 6) is 5.23. The molecule has 0 aliphatic heterocycles. The summed E-state index contributed by atoms with van der Waals surface area (Å²) < 4.78 is 12.5. The Hall–Kier alpha value is -0.880. The molecule has 0 aromatic carbocycles. The third kappa shape index (κ3) is 2.31. The van der Waals surface area contributed by atoms with E-state index < -0.39 is 5.95 Å². The molecule has 0 unspecified atom stereocenters. The van der Waals surface area contributed by atoms with E-state index in [4.69, 9.17) is 0 Å². The molecule has 0 amide bonds. The summed E-state index contributed by atoms with van der Waals surface area (Å²) in [6.45, 7) is 1.74. The molecule has 0 aliphatic carbocycles. The van der Waals surface area contributed by atoms with Crippen molar-refractivity contribution < 1.29 is 4.39 Å². The highest BCUT2D eigenvalue weighted by atomic mass is 79.9. The van der Waals surface area contributed by atoms with Crippen LogP contribution in [-0.4, -0.2) is 10.3 Å². The van der Waals surface area contributed by atoms with Crippen LogP contribution in [0.5, 0.6) is 0 Å². The van der Waals surface area contributed by atoms with Crippen LogP contribution in [0.25, 0.3) is 0 Å². The quantitative estimate of drug-likeness (QED) is 0.377. The zero-order valence-electron chi connectivity index (χ0n) is 6.56. The molecule has 0 radical (unpaired) electrons. The van der Waals surface area contributed by atoms with Gasteiger partial charge in [0.25, 0.3) is 0 Å². The number of aromatic nitrogens is 1. The van der Waals surface area contributed by atoms with Crippen LogP contribution in [0, 0.1) is 24.7 Å². The first-order valence-corrected chi connectivity index (χ1v) is 4.54. The predicted molar refractivity (Wildman–Crippen MR) is 49.6 cm³/mol. The van der Waals surface area contributed by atoms with E-state index in [0.29, 0.717) is 11.0 Å². The Morgan fingerprint density at radius 2 is 2.33 bits per heavy atom. The lowest BCUT2D eigenvalue weighted by Crippen LogP contribution is -1.90. The first-order valence-electron chi connectivity index (χ1n) is 3.42. The summed E-state index contributed by atoms with van der Waals surface area (Å²) in [6.07, 6.45) is 0. The number of pyridine rings is 1. The maximum Gasteiger partial charge on any atom is 0.213 e. The van der Waals surface area contributed by atoms with Crippen LogP contribution >= 0.6 is 15.9 Å². The lowest BCUT2D eigenvalue weighted by Gasteiger charge is -1.95.